The second-order valence-electron chi connectivity index (χ2n) is 11.1. The molecular weight excluding hydrogens is 493 g/mol. The van der Waals surface area contributed by atoms with E-state index in [4.69, 9.17) is 9.47 Å². The largest absolute Gasteiger partial charge is 0.497 e. The van der Waals surface area contributed by atoms with E-state index in [1.165, 1.54) is 25.3 Å². The topological polar surface area (TPSA) is 59.0 Å². The van der Waals surface area contributed by atoms with Gasteiger partial charge in [-0.2, -0.15) is 0 Å². The van der Waals surface area contributed by atoms with E-state index in [2.05, 4.69) is 17.9 Å². The first-order valence-electron chi connectivity index (χ1n) is 14.1. The van der Waals surface area contributed by atoms with Crippen molar-refractivity contribution in [2.24, 2.45) is 5.92 Å². The van der Waals surface area contributed by atoms with Crippen LogP contribution in [0.25, 0.3) is 11.1 Å². The Labute approximate surface area is 230 Å². The zero-order chi connectivity index (χ0) is 27.4. The summed E-state index contributed by atoms with van der Waals surface area (Å²) in [5.74, 6) is 0.806. The molecule has 5 rings (SSSR count). The van der Waals surface area contributed by atoms with Crippen LogP contribution in [-0.2, 0) is 17.9 Å². The van der Waals surface area contributed by atoms with Gasteiger partial charge in [0.2, 0.25) is 0 Å². The molecule has 2 fully saturated rings. The lowest BCUT2D eigenvalue weighted by Crippen LogP contribution is -2.36. The molecule has 206 valence electrons. The van der Waals surface area contributed by atoms with E-state index in [1.807, 2.05) is 36.4 Å². The number of piperidine rings is 1. The SMILES string of the molecule is COc1ccc(F)c(-c2ccc(COc3cccc([C@H](CC(=O)O)C4CC4)c3)cc2CN2CCCC[C@@H]2C)c1. The van der Waals surface area contributed by atoms with Gasteiger partial charge >= 0.3 is 5.97 Å². The molecule has 0 amide bonds. The molecule has 6 heteroatoms. The van der Waals surface area contributed by atoms with Gasteiger partial charge in [0.25, 0.3) is 0 Å². The Kier molecular flexibility index (Phi) is 8.51. The fourth-order valence-electron chi connectivity index (χ4n) is 5.82. The summed E-state index contributed by atoms with van der Waals surface area (Å²) in [6, 6.07) is 19.3. The number of benzene rings is 3. The van der Waals surface area contributed by atoms with E-state index in [9.17, 15) is 9.90 Å². The van der Waals surface area contributed by atoms with Gasteiger partial charge in [0.05, 0.1) is 13.5 Å². The van der Waals surface area contributed by atoms with E-state index >= 15 is 4.39 Å². The predicted molar refractivity (Wildman–Crippen MR) is 151 cm³/mol. The van der Waals surface area contributed by atoms with E-state index in [-0.39, 0.29) is 18.2 Å². The summed E-state index contributed by atoms with van der Waals surface area (Å²) in [4.78, 5) is 13.9. The zero-order valence-electron chi connectivity index (χ0n) is 22.9. The number of hydrogen-bond acceptors (Lipinski definition) is 4. The molecule has 0 bridgehead atoms. The van der Waals surface area contributed by atoms with Crippen LogP contribution in [0.15, 0.2) is 60.7 Å². The van der Waals surface area contributed by atoms with Crippen LogP contribution in [0.5, 0.6) is 11.5 Å². The number of carbonyl (C=O) groups is 1. The third-order valence-corrected chi connectivity index (χ3v) is 8.22. The Morgan fingerprint density at radius 2 is 1.87 bits per heavy atom. The van der Waals surface area contributed by atoms with E-state index in [1.54, 1.807) is 19.2 Å². The highest BCUT2D eigenvalue weighted by Crippen LogP contribution is 2.45. The van der Waals surface area contributed by atoms with Crippen LogP contribution in [-0.4, -0.2) is 35.7 Å². The summed E-state index contributed by atoms with van der Waals surface area (Å²) in [5.41, 5.74) is 4.52. The Hall–Kier alpha value is -3.38. The van der Waals surface area contributed by atoms with Crippen molar-refractivity contribution in [1.82, 2.24) is 4.90 Å². The van der Waals surface area contributed by atoms with Gasteiger partial charge in [-0.15, -0.1) is 0 Å². The van der Waals surface area contributed by atoms with E-state index < -0.39 is 5.97 Å². The minimum atomic E-state index is -0.763. The fraction of sp³-hybridized carbons (Fsp3) is 0.424. The maximum atomic E-state index is 15.0. The van der Waals surface area contributed by atoms with Crippen molar-refractivity contribution in [2.45, 2.75) is 70.6 Å². The van der Waals surface area contributed by atoms with Gasteiger partial charge in [-0.05, 0) is 104 Å². The molecule has 1 aliphatic heterocycles. The first kappa shape index (κ1) is 27.2. The van der Waals surface area contributed by atoms with Gasteiger partial charge in [-0.3, -0.25) is 9.69 Å². The molecule has 0 aromatic heterocycles. The normalized spacial score (nSPS) is 18.5. The Balaban J connectivity index is 1.39. The van der Waals surface area contributed by atoms with Crippen LogP contribution in [0.3, 0.4) is 0 Å². The third kappa shape index (κ3) is 6.80. The average molecular weight is 532 g/mol. The number of ether oxygens (including phenoxy) is 2. The van der Waals surface area contributed by atoms with Crippen LogP contribution in [0.1, 0.15) is 68.1 Å². The average Bonchev–Trinajstić information content (AvgIpc) is 3.78. The maximum Gasteiger partial charge on any atom is 0.303 e. The monoisotopic (exact) mass is 531 g/mol. The number of nitrogens with zero attached hydrogens (tertiary/aromatic N) is 1. The van der Waals surface area contributed by atoms with Crippen molar-refractivity contribution in [1.29, 1.82) is 0 Å². The van der Waals surface area contributed by atoms with Gasteiger partial charge in [-0.25, -0.2) is 4.39 Å². The highest BCUT2D eigenvalue weighted by molar-refractivity contribution is 5.70. The lowest BCUT2D eigenvalue weighted by Gasteiger charge is -2.34. The summed E-state index contributed by atoms with van der Waals surface area (Å²) in [5, 5.41) is 9.39. The lowest BCUT2D eigenvalue weighted by atomic mass is 9.91. The van der Waals surface area contributed by atoms with Crippen LogP contribution < -0.4 is 9.47 Å². The summed E-state index contributed by atoms with van der Waals surface area (Å²) >= 11 is 0. The summed E-state index contributed by atoms with van der Waals surface area (Å²) in [7, 11) is 1.59. The van der Waals surface area contributed by atoms with Crippen LogP contribution in [0, 0.1) is 11.7 Å². The number of methoxy groups -OCH3 is 1. The molecule has 3 aromatic rings. The number of carboxylic acid groups (broad SMARTS) is 1. The van der Waals surface area contributed by atoms with Crippen LogP contribution in [0.2, 0.25) is 0 Å². The van der Waals surface area contributed by atoms with Crippen molar-refractivity contribution in [3.05, 3.63) is 83.2 Å². The molecule has 0 radical (unpaired) electrons. The predicted octanol–water partition coefficient (Wildman–Crippen LogP) is 7.42. The second-order valence-corrected chi connectivity index (χ2v) is 11.1. The van der Waals surface area contributed by atoms with Crippen LogP contribution in [0.4, 0.5) is 4.39 Å². The third-order valence-electron chi connectivity index (χ3n) is 8.22. The number of rotatable bonds is 11. The lowest BCUT2D eigenvalue weighted by molar-refractivity contribution is -0.137. The van der Waals surface area contributed by atoms with Gasteiger partial charge in [0.1, 0.15) is 23.9 Å². The molecule has 2 atom stereocenters. The number of hydrogen-bond donors (Lipinski definition) is 1. The Morgan fingerprint density at radius 1 is 1.03 bits per heavy atom. The molecule has 1 saturated carbocycles. The summed E-state index contributed by atoms with van der Waals surface area (Å²) in [6.45, 7) is 4.42. The molecule has 5 nitrogen and oxygen atoms in total. The van der Waals surface area contributed by atoms with Crippen molar-refractivity contribution in [3.8, 4) is 22.6 Å². The maximum absolute atomic E-state index is 15.0. The molecule has 0 spiro atoms. The molecule has 3 aromatic carbocycles. The zero-order valence-corrected chi connectivity index (χ0v) is 22.9. The molecule has 1 heterocycles. The van der Waals surface area contributed by atoms with Gasteiger partial charge in [-0.1, -0.05) is 36.8 Å². The molecule has 2 aliphatic rings. The molecular formula is C33H38FNO4. The molecule has 0 unspecified atom stereocenters. The Bertz CT molecular complexity index is 1300. The number of likely N-dealkylation sites (tertiary alicyclic amines) is 1. The van der Waals surface area contributed by atoms with Crippen LogP contribution >= 0.6 is 0 Å². The molecule has 1 aliphatic carbocycles. The van der Waals surface area contributed by atoms with Gasteiger partial charge < -0.3 is 14.6 Å². The van der Waals surface area contributed by atoms with E-state index in [0.29, 0.717) is 29.9 Å². The van der Waals surface area contributed by atoms with Crippen molar-refractivity contribution in [2.75, 3.05) is 13.7 Å². The smallest absolute Gasteiger partial charge is 0.303 e. The first-order chi connectivity index (χ1) is 18.9. The van der Waals surface area contributed by atoms with Gasteiger partial charge in [0.15, 0.2) is 0 Å². The first-order valence-corrected chi connectivity index (χ1v) is 14.1. The van der Waals surface area contributed by atoms with E-state index in [0.717, 1.165) is 53.9 Å². The Morgan fingerprint density at radius 3 is 2.62 bits per heavy atom. The highest BCUT2D eigenvalue weighted by Gasteiger charge is 2.33. The van der Waals surface area contributed by atoms with Crippen molar-refractivity contribution >= 4 is 5.97 Å². The van der Waals surface area contributed by atoms with Gasteiger partial charge in [0, 0.05) is 18.2 Å². The number of halogens is 1. The summed E-state index contributed by atoms with van der Waals surface area (Å²) < 4.78 is 26.6. The summed E-state index contributed by atoms with van der Waals surface area (Å²) in [6.07, 6.45) is 5.91. The highest BCUT2D eigenvalue weighted by atomic mass is 19.1. The second kappa shape index (κ2) is 12.2. The minimum Gasteiger partial charge on any atom is -0.497 e. The number of aliphatic carboxylic acids is 1. The molecule has 1 N–H and O–H groups in total. The quantitative estimate of drug-likeness (QED) is 0.279. The van der Waals surface area contributed by atoms with Crippen molar-refractivity contribution < 1.29 is 23.8 Å². The minimum absolute atomic E-state index is 0.0289. The molecule has 1 saturated heterocycles. The number of carboxylic acids is 1. The standard InChI is InChI=1S/C33H38FNO4/c1-22-6-3-4-15-35(22)20-26-16-23(9-13-29(26)31-18-27(38-2)12-14-32(31)34)21-39-28-8-5-7-25(17-28)30(19-33(36)37)24-10-11-24/h5,7-9,12-14,16-18,22,24,30H,3-4,6,10-11,15,19-21H2,1-2H3,(H,36,37)/t22-,30+/m0/s1. The molecule has 39 heavy (non-hydrogen) atoms. The fourth-order valence-corrected chi connectivity index (χ4v) is 5.82. The van der Waals surface area contributed by atoms with Crippen molar-refractivity contribution in [3.63, 3.8) is 0 Å².